The number of halogens is 2. The fourth-order valence-electron chi connectivity index (χ4n) is 2.01. The molecule has 2 aromatic rings. The van der Waals surface area contributed by atoms with Gasteiger partial charge in [0.25, 0.3) is 0 Å². The Morgan fingerprint density at radius 2 is 1.95 bits per heavy atom. The van der Waals surface area contributed by atoms with Crippen molar-refractivity contribution < 1.29 is 14.1 Å². The van der Waals surface area contributed by atoms with Crippen molar-refractivity contribution in [3.63, 3.8) is 0 Å². The number of benzene rings is 1. The van der Waals surface area contributed by atoms with Crippen molar-refractivity contribution in [2.24, 2.45) is 0 Å². The number of esters is 1. The molecule has 21 heavy (non-hydrogen) atoms. The van der Waals surface area contributed by atoms with Crippen LogP contribution in [0.15, 0.2) is 22.7 Å². The highest BCUT2D eigenvalue weighted by Gasteiger charge is 2.23. The van der Waals surface area contributed by atoms with Crippen LogP contribution in [0.2, 0.25) is 10.0 Å². The van der Waals surface area contributed by atoms with Crippen molar-refractivity contribution in [2.75, 3.05) is 0 Å². The van der Waals surface area contributed by atoms with E-state index in [4.69, 9.17) is 32.5 Å². The minimum absolute atomic E-state index is 0.0727. The van der Waals surface area contributed by atoms with Gasteiger partial charge in [-0.3, -0.25) is 4.79 Å². The highest BCUT2D eigenvalue weighted by Crippen LogP contribution is 2.38. The molecule has 0 aliphatic heterocycles. The van der Waals surface area contributed by atoms with E-state index < -0.39 is 0 Å². The number of hydrogen-bond donors (Lipinski definition) is 0. The Kier molecular flexibility index (Phi) is 4.91. The molecule has 0 saturated carbocycles. The van der Waals surface area contributed by atoms with Crippen molar-refractivity contribution in [1.82, 2.24) is 5.16 Å². The molecule has 1 aromatic carbocycles. The lowest BCUT2D eigenvalue weighted by molar-refractivity contribution is -0.142. The summed E-state index contributed by atoms with van der Waals surface area (Å²) in [4.78, 5) is 11.1. The molecule has 0 bridgehead atoms. The summed E-state index contributed by atoms with van der Waals surface area (Å²) >= 11 is 12.4. The molecule has 2 rings (SSSR count). The first kappa shape index (κ1) is 15.9. The van der Waals surface area contributed by atoms with Crippen LogP contribution in [0.3, 0.4) is 0 Å². The van der Waals surface area contributed by atoms with Gasteiger partial charge in [-0.25, -0.2) is 0 Å². The molecule has 4 nitrogen and oxygen atoms in total. The van der Waals surface area contributed by atoms with Crippen LogP contribution in [-0.4, -0.2) is 11.1 Å². The summed E-state index contributed by atoms with van der Waals surface area (Å²) in [5.41, 5.74) is 1.78. The molecule has 0 aliphatic rings. The van der Waals surface area contributed by atoms with Gasteiger partial charge in [0.2, 0.25) is 0 Å². The van der Waals surface area contributed by atoms with Crippen LogP contribution in [0.5, 0.6) is 0 Å². The van der Waals surface area contributed by atoms with Crippen LogP contribution < -0.4 is 0 Å². The third kappa shape index (κ3) is 3.39. The zero-order valence-electron chi connectivity index (χ0n) is 11.9. The van der Waals surface area contributed by atoms with Crippen LogP contribution in [0.1, 0.15) is 38.0 Å². The van der Waals surface area contributed by atoms with Crippen LogP contribution in [0, 0.1) is 0 Å². The number of rotatable bonds is 4. The number of carbonyl (C=O) groups is 1. The van der Waals surface area contributed by atoms with Gasteiger partial charge in [-0.15, -0.1) is 0 Å². The summed E-state index contributed by atoms with van der Waals surface area (Å²) in [6.07, 6.45) is 0. The minimum atomic E-state index is -0.373. The zero-order valence-corrected chi connectivity index (χ0v) is 13.5. The smallest absolute Gasteiger partial charge is 0.302 e. The number of hydrogen-bond acceptors (Lipinski definition) is 4. The van der Waals surface area contributed by atoms with Crippen LogP contribution in [-0.2, 0) is 16.1 Å². The van der Waals surface area contributed by atoms with Crippen LogP contribution >= 0.6 is 23.2 Å². The van der Waals surface area contributed by atoms with Gasteiger partial charge in [0.1, 0.15) is 18.1 Å². The van der Waals surface area contributed by atoms with Gasteiger partial charge >= 0.3 is 5.97 Å². The first-order valence-corrected chi connectivity index (χ1v) is 7.23. The molecule has 1 heterocycles. The van der Waals surface area contributed by atoms with Gasteiger partial charge in [-0.2, -0.15) is 0 Å². The molecule has 0 aliphatic carbocycles. The predicted molar refractivity (Wildman–Crippen MR) is 81.5 cm³/mol. The lowest BCUT2D eigenvalue weighted by Gasteiger charge is -2.08. The normalized spacial score (nSPS) is 11.0. The Morgan fingerprint density at radius 3 is 2.48 bits per heavy atom. The van der Waals surface area contributed by atoms with E-state index in [1.54, 1.807) is 18.2 Å². The van der Waals surface area contributed by atoms with Crippen molar-refractivity contribution in [3.8, 4) is 11.3 Å². The summed E-state index contributed by atoms with van der Waals surface area (Å²) in [7, 11) is 0. The molecule has 0 unspecified atom stereocenters. The largest absolute Gasteiger partial charge is 0.461 e. The van der Waals surface area contributed by atoms with Gasteiger partial charge in [0, 0.05) is 18.4 Å². The molecular weight excluding hydrogens is 313 g/mol. The van der Waals surface area contributed by atoms with E-state index in [0.717, 1.165) is 0 Å². The molecule has 0 spiro atoms. The molecule has 6 heteroatoms. The Labute approximate surface area is 133 Å². The van der Waals surface area contributed by atoms with E-state index in [-0.39, 0.29) is 18.5 Å². The fraction of sp³-hybridized carbons (Fsp3) is 0.333. The molecule has 0 amide bonds. The third-order valence-electron chi connectivity index (χ3n) is 2.96. The molecule has 1 aromatic heterocycles. The number of aromatic nitrogens is 1. The lowest BCUT2D eigenvalue weighted by atomic mass is 10.0. The number of carbonyl (C=O) groups excluding carboxylic acids is 1. The number of nitrogens with zero attached hydrogens (tertiary/aromatic N) is 1. The first-order valence-electron chi connectivity index (χ1n) is 6.48. The van der Waals surface area contributed by atoms with Crippen molar-refractivity contribution >= 4 is 29.2 Å². The standard InChI is InChI=1S/C15H15Cl2NO3/c1-8(2)15-10(7-20-9(3)19)14(18-21-15)13-11(16)5-4-6-12(13)17/h4-6,8H,7H2,1-3H3. The van der Waals surface area contributed by atoms with Crippen molar-refractivity contribution in [1.29, 1.82) is 0 Å². The second-order valence-electron chi connectivity index (χ2n) is 4.91. The number of ether oxygens (including phenoxy) is 1. The Hall–Kier alpha value is -1.52. The van der Waals surface area contributed by atoms with Crippen molar-refractivity contribution in [3.05, 3.63) is 39.6 Å². The van der Waals surface area contributed by atoms with E-state index in [9.17, 15) is 4.79 Å². The van der Waals surface area contributed by atoms with Crippen LogP contribution in [0.4, 0.5) is 0 Å². The summed E-state index contributed by atoms with van der Waals surface area (Å²) < 4.78 is 10.5. The maximum Gasteiger partial charge on any atom is 0.302 e. The molecule has 0 atom stereocenters. The van der Waals surface area contributed by atoms with E-state index in [1.807, 2.05) is 13.8 Å². The van der Waals surface area contributed by atoms with Gasteiger partial charge in [-0.05, 0) is 12.1 Å². The monoisotopic (exact) mass is 327 g/mol. The summed E-state index contributed by atoms with van der Waals surface area (Å²) in [5, 5.41) is 5.01. The molecule has 0 radical (unpaired) electrons. The molecule has 0 fully saturated rings. The SMILES string of the molecule is CC(=O)OCc1c(-c2c(Cl)cccc2Cl)noc1C(C)C. The Morgan fingerprint density at radius 1 is 1.33 bits per heavy atom. The Balaban J connectivity index is 2.55. The Bertz CT molecular complexity index is 645. The van der Waals surface area contributed by atoms with E-state index in [0.29, 0.717) is 32.6 Å². The van der Waals surface area contributed by atoms with Gasteiger partial charge < -0.3 is 9.26 Å². The van der Waals surface area contributed by atoms with E-state index in [1.165, 1.54) is 6.92 Å². The van der Waals surface area contributed by atoms with Gasteiger partial charge in [0.05, 0.1) is 15.6 Å². The summed E-state index contributed by atoms with van der Waals surface area (Å²) in [5.74, 6) is 0.377. The highest BCUT2D eigenvalue weighted by molar-refractivity contribution is 6.39. The average Bonchev–Trinajstić information content (AvgIpc) is 2.80. The fourth-order valence-corrected chi connectivity index (χ4v) is 2.59. The van der Waals surface area contributed by atoms with E-state index in [2.05, 4.69) is 5.16 Å². The van der Waals surface area contributed by atoms with Gasteiger partial charge in [0.15, 0.2) is 0 Å². The predicted octanol–water partition coefficient (Wildman–Crippen LogP) is 4.83. The lowest BCUT2D eigenvalue weighted by Crippen LogP contribution is -2.02. The average molecular weight is 328 g/mol. The van der Waals surface area contributed by atoms with Crippen LogP contribution in [0.25, 0.3) is 11.3 Å². The molecule has 0 saturated heterocycles. The molecule has 112 valence electrons. The third-order valence-corrected chi connectivity index (χ3v) is 3.59. The quantitative estimate of drug-likeness (QED) is 0.754. The van der Waals surface area contributed by atoms with Gasteiger partial charge in [-0.1, -0.05) is 48.3 Å². The highest BCUT2D eigenvalue weighted by atomic mass is 35.5. The molecule has 0 N–H and O–H groups in total. The first-order chi connectivity index (χ1) is 9.91. The maximum atomic E-state index is 11.1. The minimum Gasteiger partial charge on any atom is -0.461 e. The van der Waals surface area contributed by atoms with Crippen molar-refractivity contribution in [2.45, 2.75) is 33.3 Å². The molecular formula is C15H15Cl2NO3. The maximum absolute atomic E-state index is 11.1. The summed E-state index contributed by atoms with van der Waals surface area (Å²) in [6, 6.07) is 5.20. The second kappa shape index (κ2) is 6.50. The summed E-state index contributed by atoms with van der Waals surface area (Å²) in [6.45, 7) is 5.36. The zero-order chi connectivity index (χ0) is 15.6. The topological polar surface area (TPSA) is 52.3 Å². The second-order valence-corrected chi connectivity index (χ2v) is 5.72. The van der Waals surface area contributed by atoms with E-state index >= 15 is 0 Å².